The molecule has 2 atom stereocenters. The van der Waals surface area contributed by atoms with Gasteiger partial charge in [0.25, 0.3) is 0 Å². The number of hydrogen-bond acceptors (Lipinski definition) is 5. The van der Waals surface area contributed by atoms with Crippen LogP contribution in [0.25, 0.3) is 0 Å². The molecule has 5 heteroatoms. The summed E-state index contributed by atoms with van der Waals surface area (Å²) in [6, 6.07) is 2.13. The summed E-state index contributed by atoms with van der Waals surface area (Å²) >= 11 is 0. The van der Waals surface area contributed by atoms with Crippen molar-refractivity contribution >= 4 is 5.95 Å². The van der Waals surface area contributed by atoms with Crippen LogP contribution < -0.4 is 10.1 Å². The number of aromatic nitrogens is 2. The van der Waals surface area contributed by atoms with Gasteiger partial charge in [-0.25, -0.2) is 4.98 Å². The summed E-state index contributed by atoms with van der Waals surface area (Å²) < 4.78 is 10.4. The van der Waals surface area contributed by atoms with E-state index < -0.39 is 0 Å². The van der Waals surface area contributed by atoms with Gasteiger partial charge in [0, 0.05) is 25.4 Å². The van der Waals surface area contributed by atoms with Gasteiger partial charge in [0.05, 0.1) is 13.2 Å². The minimum absolute atomic E-state index is 0.364. The van der Waals surface area contributed by atoms with Crippen molar-refractivity contribution < 1.29 is 9.47 Å². The molecule has 0 aliphatic heterocycles. The van der Waals surface area contributed by atoms with Crippen LogP contribution in [0.3, 0.4) is 0 Å². The number of rotatable bonds is 4. The van der Waals surface area contributed by atoms with Crippen molar-refractivity contribution in [1.82, 2.24) is 9.97 Å². The fourth-order valence-corrected chi connectivity index (χ4v) is 1.99. The Labute approximate surface area is 95.2 Å². The van der Waals surface area contributed by atoms with Crippen LogP contribution in [0.4, 0.5) is 5.95 Å². The molecule has 1 fully saturated rings. The molecule has 1 aromatic rings. The number of methoxy groups -OCH3 is 2. The van der Waals surface area contributed by atoms with Crippen LogP contribution in [-0.4, -0.2) is 36.3 Å². The van der Waals surface area contributed by atoms with E-state index in [4.69, 9.17) is 9.47 Å². The number of anilines is 1. The second-order valence-corrected chi connectivity index (χ2v) is 3.93. The lowest BCUT2D eigenvalue weighted by Crippen LogP contribution is -2.18. The van der Waals surface area contributed by atoms with Crippen LogP contribution in [0.15, 0.2) is 12.3 Å². The van der Waals surface area contributed by atoms with Gasteiger partial charge in [-0.1, -0.05) is 0 Å². The third-order valence-corrected chi connectivity index (χ3v) is 2.89. The maximum absolute atomic E-state index is 5.32. The summed E-state index contributed by atoms with van der Waals surface area (Å²) in [5.74, 6) is 1.21. The molecule has 0 saturated heterocycles. The van der Waals surface area contributed by atoms with E-state index in [9.17, 15) is 0 Å². The maximum Gasteiger partial charge on any atom is 0.226 e. The molecule has 0 bridgehead atoms. The average Bonchev–Trinajstić information content (AvgIpc) is 2.77. The topological polar surface area (TPSA) is 56.3 Å². The van der Waals surface area contributed by atoms with Crippen LogP contribution in [0, 0.1) is 0 Å². The zero-order valence-corrected chi connectivity index (χ0v) is 9.64. The van der Waals surface area contributed by atoms with Gasteiger partial charge >= 0.3 is 0 Å². The molecule has 2 unspecified atom stereocenters. The molecule has 1 saturated carbocycles. The second-order valence-electron chi connectivity index (χ2n) is 3.93. The van der Waals surface area contributed by atoms with Crippen LogP contribution in [0.1, 0.15) is 19.3 Å². The molecule has 1 N–H and O–H groups in total. The number of nitrogens with one attached hydrogen (secondary N) is 1. The van der Waals surface area contributed by atoms with Gasteiger partial charge in [-0.2, -0.15) is 4.98 Å². The molecule has 16 heavy (non-hydrogen) atoms. The zero-order chi connectivity index (χ0) is 11.4. The smallest absolute Gasteiger partial charge is 0.226 e. The fraction of sp³-hybridized carbons (Fsp3) is 0.636. The van der Waals surface area contributed by atoms with Gasteiger partial charge in [0.2, 0.25) is 11.8 Å². The molecule has 88 valence electrons. The molecule has 1 heterocycles. The molecule has 1 aliphatic carbocycles. The largest absolute Gasteiger partial charge is 0.481 e. The predicted octanol–water partition coefficient (Wildman–Crippen LogP) is 1.46. The zero-order valence-electron chi connectivity index (χ0n) is 9.64. The van der Waals surface area contributed by atoms with E-state index in [1.54, 1.807) is 26.5 Å². The van der Waals surface area contributed by atoms with E-state index >= 15 is 0 Å². The summed E-state index contributed by atoms with van der Waals surface area (Å²) in [5.41, 5.74) is 0. The SMILES string of the molecule is COc1ccnc(NC2CCC(OC)C2)n1. The van der Waals surface area contributed by atoms with Crippen molar-refractivity contribution in [3.8, 4) is 5.88 Å². The monoisotopic (exact) mass is 223 g/mol. The third-order valence-electron chi connectivity index (χ3n) is 2.89. The van der Waals surface area contributed by atoms with Crippen molar-refractivity contribution in [1.29, 1.82) is 0 Å². The third kappa shape index (κ3) is 2.61. The Morgan fingerprint density at radius 2 is 2.25 bits per heavy atom. The summed E-state index contributed by atoms with van der Waals surface area (Å²) in [6.07, 6.45) is 5.26. The second kappa shape index (κ2) is 5.12. The number of ether oxygens (including phenoxy) is 2. The van der Waals surface area contributed by atoms with Gasteiger partial charge in [0.1, 0.15) is 0 Å². The Kier molecular flexibility index (Phi) is 3.56. The van der Waals surface area contributed by atoms with E-state index in [0.29, 0.717) is 24.0 Å². The highest BCUT2D eigenvalue weighted by molar-refractivity contribution is 5.29. The standard InChI is InChI=1S/C11H17N3O2/c1-15-9-4-3-8(7-9)13-11-12-6-5-10(14-11)16-2/h5-6,8-9H,3-4,7H2,1-2H3,(H,12,13,14). The number of hydrogen-bond donors (Lipinski definition) is 1. The molecule has 0 spiro atoms. The van der Waals surface area contributed by atoms with Gasteiger partial charge < -0.3 is 14.8 Å². The molecular weight excluding hydrogens is 206 g/mol. The lowest BCUT2D eigenvalue weighted by molar-refractivity contribution is 0.108. The van der Waals surface area contributed by atoms with Crippen LogP contribution in [-0.2, 0) is 4.74 Å². The van der Waals surface area contributed by atoms with E-state index in [-0.39, 0.29) is 0 Å². The van der Waals surface area contributed by atoms with Gasteiger partial charge in [0.15, 0.2) is 0 Å². The molecule has 0 radical (unpaired) electrons. The van der Waals surface area contributed by atoms with Crippen molar-refractivity contribution in [3.63, 3.8) is 0 Å². The van der Waals surface area contributed by atoms with E-state index in [1.165, 1.54) is 0 Å². The summed E-state index contributed by atoms with van der Waals surface area (Å²) in [7, 11) is 3.36. The lowest BCUT2D eigenvalue weighted by Gasteiger charge is -2.12. The Morgan fingerprint density at radius 3 is 2.94 bits per heavy atom. The van der Waals surface area contributed by atoms with Crippen molar-refractivity contribution in [3.05, 3.63) is 12.3 Å². The molecule has 0 aromatic carbocycles. The predicted molar refractivity (Wildman–Crippen MR) is 60.6 cm³/mol. The lowest BCUT2D eigenvalue weighted by atomic mass is 10.2. The van der Waals surface area contributed by atoms with Crippen molar-refractivity contribution in [2.75, 3.05) is 19.5 Å². The highest BCUT2D eigenvalue weighted by atomic mass is 16.5. The van der Waals surface area contributed by atoms with Crippen LogP contribution >= 0.6 is 0 Å². The molecular formula is C11H17N3O2. The first-order chi connectivity index (χ1) is 7.81. The van der Waals surface area contributed by atoms with Crippen LogP contribution in [0.2, 0.25) is 0 Å². The average molecular weight is 223 g/mol. The first-order valence-corrected chi connectivity index (χ1v) is 5.48. The highest BCUT2D eigenvalue weighted by Crippen LogP contribution is 2.23. The molecule has 0 amide bonds. The fourth-order valence-electron chi connectivity index (χ4n) is 1.99. The van der Waals surface area contributed by atoms with E-state index in [2.05, 4.69) is 15.3 Å². The minimum Gasteiger partial charge on any atom is -0.481 e. The molecule has 1 aliphatic rings. The quantitative estimate of drug-likeness (QED) is 0.837. The summed E-state index contributed by atoms with van der Waals surface area (Å²) in [5, 5.41) is 3.30. The summed E-state index contributed by atoms with van der Waals surface area (Å²) in [6.45, 7) is 0. The molecule has 1 aromatic heterocycles. The first kappa shape index (κ1) is 11.1. The first-order valence-electron chi connectivity index (χ1n) is 5.48. The van der Waals surface area contributed by atoms with Gasteiger partial charge in [-0.05, 0) is 19.3 Å². The maximum atomic E-state index is 5.32. The Balaban J connectivity index is 1.94. The normalized spacial score (nSPS) is 24.4. The Morgan fingerprint density at radius 1 is 1.38 bits per heavy atom. The van der Waals surface area contributed by atoms with E-state index in [0.717, 1.165) is 19.3 Å². The van der Waals surface area contributed by atoms with Crippen LogP contribution in [0.5, 0.6) is 5.88 Å². The van der Waals surface area contributed by atoms with E-state index in [1.807, 2.05) is 0 Å². The Hall–Kier alpha value is -1.36. The molecule has 2 rings (SSSR count). The van der Waals surface area contributed by atoms with Crippen molar-refractivity contribution in [2.45, 2.75) is 31.4 Å². The minimum atomic E-state index is 0.364. The Bertz CT molecular complexity index is 346. The van der Waals surface area contributed by atoms with Gasteiger partial charge in [-0.15, -0.1) is 0 Å². The number of nitrogens with zero attached hydrogens (tertiary/aromatic N) is 2. The van der Waals surface area contributed by atoms with Gasteiger partial charge in [-0.3, -0.25) is 0 Å². The molecule has 5 nitrogen and oxygen atoms in total. The van der Waals surface area contributed by atoms with Crippen molar-refractivity contribution in [2.24, 2.45) is 0 Å². The highest BCUT2D eigenvalue weighted by Gasteiger charge is 2.24. The summed E-state index contributed by atoms with van der Waals surface area (Å²) in [4.78, 5) is 8.38.